The van der Waals surface area contributed by atoms with Crippen molar-refractivity contribution in [3.63, 3.8) is 0 Å². The summed E-state index contributed by atoms with van der Waals surface area (Å²) in [6.07, 6.45) is 16.1. The molecule has 0 aliphatic heterocycles. The Bertz CT molecular complexity index is 696. The van der Waals surface area contributed by atoms with Crippen molar-refractivity contribution in [1.29, 1.82) is 0 Å². The molecule has 0 aromatic heterocycles. The van der Waals surface area contributed by atoms with Crippen molar-refractivity contribution >= 4 is 20.2 Å². The van der Waals surface area contributed by atoms with Gasteiger partial charge in [-0.2, -0.15) is 0 Å². The molecule has 0 heterocycles. The van der Waals surface area contributed by atoms with Gasteiger partial charge in [0.25, 0.3) is 0 Å². The van der Waals surface area contributed by atoms with Gasteiger partial charge >= 0.3 is 59.1 Å². The predicted molar refractivity (Wildman–Crippen MR) is 148 cm³/mol. The maximum atomic E-state index is 10.9. The second-order valence-corrected chi connectivity index (χ2v) is 12.7. The van der Waals surface area contributed by atoms with E-state index in [1.54, 1.807) is 6.92 Å². The summed E-state index contributed by atoms with van der Waals surface area (Å²) in [5.74, 6) is -0.227. The van der Waals surface area contributed by atoms with E-state index in [4.69, 9.17) is 19.7 Å². The molecule has 14 heteroatoms. The summed E-state index contributed by atoms with van der Waals surface area (Å²) in [6, 6.07) is 0. The molecule has 0 aromatic rings. The number of aliphatic hydroxyl groups is 2. The Morgan fingerprint density at radius 1 is 0.575 bits per heavy atom. The Hall–Kier alpha value is 1.66. The molecule has 0 spiro atoms. The van der Waals surface area contributed by atoms with E-state index in [1.807, 2.05) is 0 Å². The third-order valence-electron chi connectivity index (χ3n) is 6.08. The van der Waals surface area contributed by atoms with Gasteiger partial charge in [-0.1, -0.05) is 84.0 Å². The number of aliphatic hydroxyl groups excluding tert-OH is 2. The van der Waals surface area contributed by atoms with E-state index in [1.165, 1.54) is 0 Å². The first-order valence-electron chi connectivity index (χ1n) is 14.3. The number of hydrogen-bond donors (Lipinski definition) is 2. The molecule has 0 aliphatic carbocycles. The van der Waals surface area contributed by atoms with Gasteiger partial charge in [0.2, 0.25) is 0 Å². The molecule has 40 heavy (non-hydrogen) atoms. The van der Waals surface area contributed by atoms with Crippen LogP contribution in [0.4, 0.5) is 0 Å². The molecule has 0 rings (SSSR count). The molecule has 10 nitrogen and oxygen atoms in total. The maximum Gasteiger partial charge on any atom is 1.00 e. The molecule has 1 atom stereocenters. The number of hydrogen-bond acceptors (Lipinski definition) is 10. The number of unbranched alkanes of at least 4 members (excludes halogenated alkanes) is 13. The van der Waals surface area contributed by atoms with Gasteiger partial charge in [0.05, 0.1) is 46.7 Å². The van der Waals surface area contributed by atoms with Gasteiger partial charge in [-0.15, -0.1) is 0 Å². The molecule has 0 fully saturated rings. The number of rotatable bonds is 27. The Kier molecular flexibility index (Phi) is 42.7. The summed E-state index contributed by atoms with van der Waals surface area (Å²) in [4.78, 5) is 0. The standard InChI is InChI=1S/C14H30O5S.C12H26O5S.2Na/c1-2-14(20(16,17)18)10-8-6-4-3-5-7-9-12-19-13-11-15;13-9-11-17-10-7-5-3-1-2-4-6-8-12-18(14,15)16;;/h14-15H,2-13H2,1H3,(H,16,17,18);13H,1-12H2,(H,14,15,16);;/q;;2*+1/p-2. The minimum absolute atomic E-state index is 0. The monoisotopic (exact) mass is 636 g/mol. The average Bonchev–Trinajstić information content (AvgIpc) is 2.84. The zero-order valence-electron chi connectivity index (χ0n) is 25.5. The van der Waals surface area contributed by atoms with Gasteiger partial charge in [0.1, 0.15) is 0 Å². The van der Waals surface area contributed by atoms with Crippen molar-refractivity contribution in [3.05, 3.63) is 0 Å². The van der Waals surface area contributed by atoms with E-state index in [0.717, 1.165) is 89.9 Å². The Labute approximate surface area is 289 Å². The molecule has 232 valence electrons. The van der Waals surface area contributed by atoms with Gasteiger partial charge in [-0.25, -0.2) is 16.8 Å². The molecule has 0 saturated carbocycles. The van der Waals surface area contributed by atoms with E-state index in [9.17, 15) is 25.9 Å². The topological polar surface area (TPSA) is 173 Å². The Balaban J connectivity index is -0.000000310. The van der Waals surface area contributed by atoms with Crippen molar-refractivity contribution in [2.24, 2.45) is 0 Å². The molecule has 0 aliphatic rings. The first kappa shape index (κ1) is 48.6. The fourth-order valence-corrected chi connectivity index (χ4v) is 5.31. The van der Waals surface area contributed by atoms with Crippen LogP contribution in [-0.2, 0) is 29.7 Å². The summed E-state index contributed by atoms with van der Waals surface area (Å²) in [7, 11) is -8.13. The number of ether oxygens (including phenoxy) is 2. The molecule has 0 bridgehead atoms. The summed E-state index contributed by atoms with van der Waals surface area (Å²) in [5.41, 5.74) is 0. The van der Waals surface area contributed by atoms with E-state index in [2.05, 4.69) is 0 Å². The van der Waals surface area contributed by atoms with Crippen molar-refractivity contribution in [1.82, 2.24) is 0 Å². The van der Waals surface area contributed by atoms with Gasteiger partial charge in [-0.05, 0) is 32.1 Å². The first-order valence-corrected chi connectivity index (χ1v) is 17.4. The fraction of sp³-hybridized carbons (Fsp3) is 1.00. The van der Waals surface area contributed by atoms with Crippen LogP contribution < -0.4 is 59.1 Å². The minimum Gasteiger partial charge on any atom is -0.748 e. The van der Waals surface area contributed by atoms with Crippen LogP contribution in [0.2, 0.25) is 0 Å². The summed E-state index contributed by atoms with van der Waals surface area (Å²) >= 11 is 0. The van der Waals surface area contributed by atoms with Gasteiger partial charge in [0, 0.05) is 24.2 Å². The SMILES string of the molecule is CCC(CCCCCCCCCOCCO)S(=O)(=O)[O-].O=S(=O)([O-])CCCCCCCCCCOCCO.[Na+].[Na+]. The minimum atomic E-state index is -4.11. The van der Waals surface area contributed by atoms with Crippen molar-refractivity contribution < 1.29 is 105 Å². The summed E-state index contributed by atoms with van der Waals surface area (Å²) in [6.45, 7) is 4.17. The largest absolute Gasteiger partial charge is 1.00 e. The van der Waals surface area contributed by atoms with Gasteiger partial charge in [-0.3, -0.25) is 0 Å². The zero-order valence-corrected chi connectivity index (χ0v) is 31.2. The third kappa shape index (κ3) is 41.8. The van der Waals surface area contributed by atoms with Crippen LogP contribution >= 0.6 is 0 Å². The van der Waals surface area contributed by atoms with Crippen molar-refractivity contribution in [3.8, 4) is 0 Å². The molecule has 0 aromatic carbocycles. The second-order valence-electron chi connectivity index (χ2n) is 9.55. The molecular formula is C26H54Na2O10S2. The zero-order chi connectivity index (χ0) is 29.0. The Morgan fingerprint density at radius 3 is 1.25 bits per heavy atom. The van der Waals surface area contributed by atoms with Crippen LogP contribution in [0.3, 0.4) is 0 Å². The summed E-state index contributed by atoms with van der Waals surface area (Å²) < 4.78 is 74.0. The van der Waals surface area contributed by atoms with Crippen LogP contribution in [-0.4, -0.2) is 86.8 Å². The van der Waals surface area contributed by atoms with E-state index >= 15 is 0 Å². The normalized spacial score (nSPS) is 12.1. The van der Waals surface area contributed by atoms with Crippen LogP contribution in [0.25, 0.3) is 0 Å². The van der Waals surface area contributed by atoms with Crippen LogP contribution in [0.5, 0.6) is 0 Å². The third-order valence-corrected chi connectivity index (χ3v) is 8.26. The molecule has 2 N–H and O–H groups in total. The first-order chi connectivity index (χ1) is 18.1. The maximum absolute atomic E-state index is 10.9. The molecule has 1 unspecified atom stereocenters. The van der Waals surface area contributed by atoms with E-state index < -0.39 is 25.5 Å². The Morgan fingerprint density at radius 2 is 0.925 bits per heavy atom. The van der Waals surface area contributed by atoms with Gasteiger partial charge < -0.3 is 28.8 Å². The smallest absolute Gasteiger partial charge is 0.748 e. The van der Waals surface area contributed by atoms with Crippen LogP contribution in [0, 0.1) is 0 Å². The van der Waals surface area contributed by atoms with Crippen LogP contribution in [0.15, 0.2) is 0 Å². The quantitative estimate of drug-likeness (QED) is 0.0590. The fourth-order valence-electron chi connectivity index (χ4n) is 3.89. The average molecular weight is 637 g/mol. The molecule has 0 amide bonds. The molecular weight excluding hydrogens is 582 g/mol. The van der Waals surface area contributed by atoms with Crippen molar-refractivity contribution in [2.45, 2.75) is 121 Å². The molecule has 0 saturated heterocycles. The van der Waals surface area contributed by atoms with E-state index in [0.29, 0.717) is 45.7 Å². The van der Waals surface area contributed by atoms with E-state index in [-0.39, 0.29) is 78.1 Å². The predicted octanol–water partition coefficient (Wildman–Crippen LogP) is -1.89. The summed E-state index contributed by atoms with van der Waals surface area (Å²) in [5, 5.41) is 16.3. The van der Waals surface area contributed by atoms with Gasteiger partial charge in [0.15, 0.2) is 0 Å². The van der Waals surface area contributed by atoms with Crippen LogP contribution in [0.1, 0.15) is 116 Å². The second kappa shape index (κ2) is 35.1. The molecule has 0 radical (unpaired) electrons. The van der Waals surface area contributed by atoms with Crippen molar-refractivity contribution in [2.75, 3.05) is 45.4 Å².